The van der Waals surface area contributed by atoms with Gasteiger partial charge in [-0.1, -0.05) is 12.1 Å². The number of thiazole rings is 1. The van der Waals surface area contributed by atoms with Crippen molar-refractivity contribution in [1.82, 2.24) is 15.2 Å². The molecule has 1 aromatic heterocycles. The SMILES string of the molecule is CN(C)CCCNC(=S)Nc1ccc(O)c(-c2nc3ccccc3s2)c1. The Morgan fingerprint density at radius 2 is 2.04 bits per heavy atom. The normalized spacial score (nSPS) is 11.0. The van der Waals surface area contributed by atoms with Crippen LogP contribution in [0.4, 0.5) is 5.69 Å². The highest BCUT2D eigenvalue weighted by molar-refractivity contribution is 7.80. The lowest BCUT2D eigenvalue weighted by Gasteiger charge is -2.13. The highest BCUT2D eigenvalue weighted by Gasteiger charge is 2.11. The maximum absolute atomic E-state index is 10.3. The third-order valence-electron chi connectivity index (χ3n) is 3.85. The standard InChI is InChI=1S/C19H22N4OS2/c1-23(2)11-5-10-20-19(25)21-13-8-9-16(24)14(12-13)18-22-15-6-3-4-7-17(15)26-18/h3-4,6-9,12,24H,5,10-11H2,1-2H3,(H2,20,21,25). The van der Waals surface area contributed by atoms with Gasteiger partial charge in [0.2, 0.25) is 0 Å². The van der Waals surface area contributed by atoms with E-state index in [1.807, 2.05) is 30.3 Å². The predicted molar refractivity (Wildman–Crippen MR) is 114 cm³/mol. The highest BCUT2D eigenvalue weighted by Crippen LogP contribution is 2.36. The van der Waals surface area contributed by atoms with Crippen LogP contribution in [0.2, 0.25) is 0 Å². The Bertz CT molecular complexity index is 874. The van der Waals surface area contributed by atoms with Crippen LogP contribution in [0.15, 0.2) is 42.5 Å². The molecule has 2 aromatic carbocycles. The van der Waals surface area contributed by atoms with Gasteiger partial charge in [-0.25, -0.2) is 4.98 Å². The van der Waals surface area contributed by atoms with Crippen molar-refractivity contribution in [3.05, 3.63) is 42.5 Å². The molecule has 0 unspecified atom stereocenters. The third kappa shape index (κ3) is 4.69. The Labute approximate surface area is 162 Å². The van der Waals surface area contributed by atoms with Crippen LogP contribution in [-0.4, -0.2) is 47.3 Å². The Kier molecular flexibility index (Phi) is 6.03. The molecule has 0 aliphatic heterocycles. The summed E-state index contributed by atoms with van der Waals surface area (Å²) in [7, 11) is 4.10. The Balaban J connectivity index is 1.70. The first-order chi connectivity index (χ1) is 12.5. The molecule has 0 radical (unpaired) electrons. The first kappa shape index (κ1) is 18.6. The van der Waals surface area contributed by atoms with Crippen molar-refractivity contribution in [2.24, 2.45) is 0 Å². The fourth-order valence-corrected chi connectivity index (χ4v) is 3.76. The quantitative estimate of drug-likeness (QED) is 0.339. The van der Waals surface area contributed by atoms with Crippen molar-refractivity contribution >= 4 is 44.6 Å². The maximum atomic E-state index is 10.3. The van der Waals surface area contributed by atoms with E-state index in [1.54, 1.807) is 23.5 Å². The van der Waals surface area contributed by atoms with E-state index < -0.39 is 0 Å². The molecule has 26 heavy (non-hydrogen) atoms. The Morgan fingerprint density at radius 3 is 2.81 bits per heavy atom. The molecule has 0 saturated heterocycles. The minimum atomic E-state index is 0.208. The van der Waals surface area contributed by atoms with Crippen LogP contribution in [0.3, 0.4) is 0 Å². The number of hydrogen-bond donors (Lipinski definition) is 3. The van der Waals surface area contributed by atoms with Crippen molar-refractivity contribution in [3.63, 3.8) is 0 Å². The molecule has 0 aliphatic rings. The lowest BCUT2D eigenvalue weighted by molar-refractivity contribution is 0.400. The number of nitrogens with one attached hydrogen (secondary N) is 2. The molecule has 0 atom stereocenters. The number of nitrogens with zero attached hydrogens (tertiary/aromatic N) is 2. The molecule has 0 aliphatic carbocycles. The van der Waals surface area contributed by atoms with Gasteiger partial charge in [0.05, 0.1) is 15.8 Å². The maximum Gasteiger partial charge on any atom is 0.170 e. The number of rotatable bonds is 6. The molecule has 0 bridgehead atoms. The molecule has 5 nitrogen and oxygen atoms in total. The average Bonchev–Trinajstić information content (AvgIpc) is 3.04. The number of phenolic OH excluding ortho intramolecular Hbond substituents is 1. The molecule has 136 valence electrons. The first-order valence-corrected chi connectivity index (χ1v) is 9.64. The van der Waals surface area contributed by atoms with Gasteiger partial charge < -0.3 is 20.6 Å². The lowest BCUT2D eigenvalue weighted by atomic mass is 10.2. The zero-order chi connectivity index (χ0) is 18.5. The van der Waals surface area contributed by atoms with Crippen molar-refractivity contribution in [2.45, 2.75) is 6.42 Å². The molecule has 3 aromatic rings. The summed E-state index contributed by atoms with van der Waals surface area (Å²) in [5.74, 6) is 0.208. The van der Waals surface area contributed by atoms with Crippen molar-refractivity contribution in [1.29, 1.82) is 0 Å². The minimum absolute atomic E-state index is 0.208. The summed E-state index contributed by atoms with van der Waals surface area (Å²) in [5.41, 5.74) is 2.46. The van der Waals surface area contributed by atoms with Gasteiger partial charge in [-0.3, -0.25) is 0 Å². The molecule has 0 spiro atoms. The topological polar surface area (TPSA) is 60.4 Å². The van der Waals surface area contributed by atoms with Crippen LogP contribution in [0, 0.1) is 0 Å². The minimum Gasteiger partial charge on any atom is -0.507 e. The summed E-state index contributed by atoms with van der Waals surface area (Å²) >= 11 is 6.91. The fourth-order valence-electron chi connectivity index (χ4n) is 2.55. The summed E-state index contributed by atoms with van der Waals surface area (Å²) in [6.07, 6.45) is 1.02. The molecule has 1 heterocycles. The van der Waals surface area contributed by atoms with E-state index in [9.17, 15) is 5.11 Å². The van der Waals surface area contributed by atoms with Gasteiger partial charge in [0, 0.05) is 12.2 Å². The fraction of sp³-hybridized carbons (Fsp3) is 0.263. The van der Waals surface area contributed by atoms with Gasteiger partial charge in [-0.15, -0.1) is 11.3 Å². The molecule has 7 heteroatoms. The molecule has 0 fully saturated rings. The van der Waals surface area contributed by atoms with Crippen molar-refractivity contribution in [2.75, 3.05) is 32.5 Å². The van der Waals surface area contributed by atoms with Crippen LogP contribution in [-0.2, 0) is 0 Å². The summed E-state index contributed by atoms with van der Waals surface area (Å²) < 4.78 is 1.10. The van der Waals surface area contributed by atoms with Gasteiger partial charge in [-0.05, 0) is 69.6 Å². The van der Waals surface area contributed by atoms with Crippen LogP contribution >= 0.6 is 23.6 Å². The molecular weight excluding hydrogens is 364 g/mol. The smallest absolute Gasteiger partial charge is 0.170 e. The second kappa shape index (κ2) is 8.44. The van der Waals surface area contributed by atoms with E-state index in [0.29, 0.717) is 10.7 Å². The number of anilines is 1. The van der Waals surface area contributed by atoms with E-state index in [-0.39, 0.29) is 5.75 Å². The number of benzene rings is 2. The zero-order valence-electron chi connectivity index (χ0n) is 14.8. The number of aromatic hydroxyl groups is 1. The molecular formula is C19H22N4OS2. The van der Waals surface area contributed by atoms with E-state index in [2.05, 4.69) is 34.6 Å². The van der Waals surface area contributed by atoms with Crippen LogP contribution in [0.5, 0.6) is 5.75 Å². The van der Waals surface area contributed by atoms with Crippen LogP contribution in [0.25, 0.3) is 20.8 Å². The molecule has 0 saturated carbocycles. The van der Waals surface area contributed by atoms with E-state index in [0.717, 1.165) is 40.4 Å². The second-order valence-corrected chi connectivity index (χ2v) is 7.70. The summed E-state index contributed by atoms with van der Waals surface area (Å²) in [4.78, 5) is 6.76. The molecule has 3 rings (SSSR count). The largest absolute Gasteiger partial charge is 0.507 e. The van der Waals surface area contributed by atoms with E-state index in [1.165, 1.54) is 0 Å². The number of phenols is 1. The summed E-state index contributed by atoms with van der Waals surface area (Å²) in [6, 6.07) is 13.3. The van der Waals surface area contributed by atoms with E-state index in [4.69, 9.17) is 12.2 Å². The second-order valence-electron chi connectivity index (χ2n) is 6.26. The van der Waals surface area contributed by atoms with Gasteiger partial charge >= 0.3 is 0 Å². The zero-order valence-corrected chi connectivity index (χ0v) is 16.5. The first-order valence-electron chi connectivity index (χ1n) is 8.41. The lowest BCUT2D eigenvalue weighted by Crippen LogP contribution is -2.30. The van der Waals surface area contributed by atoms with Gasteiger partial charge in [0.1, 0.15) is 10.8 Å². The van der Waals surface area contributed by atoms with Crippen molar-refractivity contribution in [3.8, 4) is 16.3 Å². The number of para-hydroxylation sites is 1. The molecule has 0 amide bonds. The van der Waals surface area contributed by atoms with Gasteiger partial charge in [0.25, 0.3) is 0 Å². The number of thiocarbonyl (C=S) groups is 1. The number of fused-ring (bicyclic) bond motifs is 1. The highest BCUT2D eigenvalue weighted by atomic mass is 32.1. The number of aromatic nitrogens is 1. The Morgan fingerprint density at radius 1 is 1.23 bits per heavy atom. The Hall–Kier alpha value is -2.22. The van der Waals surface area contributed by atoms with Crippen LogP contribution in [0.1, 0.15) is 6.42 Å². The molecule has 3 N–H and O–H groups in total. The average molecular weight is 387 g/mol. The van der Waals surface area contributed by atoms with E-state index >= 15 is 0 Å². The third-order valence-corrected chi connectivity index (χ3v) is 5.16. The van der Waals surface area contributed by atoms with Crippen LogP contribution < -0.4 is 10.6 Å². The van der Waals surface area contributed by atoms with Gasteiger partial charge in [-0.2, -0.15) is 0 Å². The van der Waals surface area contributed by atoms with Crippen molar-refractivity contribution < 1.29 is 5.11 Å². The van der Waals surface area contributed by atoms with Gasteiger partial charge in [0.15, 0.2) is 5.11 Å². The number of hydrogen-bond acceptors (Lipinski definition) is 5. The predicted octanol–water partition coefficient (Wildman–Crippen LogP) is 3.91. The summed E-state index contributed by atoms with van der Waals surface area (Å²) in [5, 5.41) is 18.0. The summed E-state index contributed by atoms with van der Waals surface area (Å²) in [6.45, 7) is 1.82. The monoisotopic (exact) mass is 386 g/mol.